The van der Waals surface area contributed by atoms with Gasteiger partial charge >= 0.3 is 6.18 Å². The minimum absolute atomic E-state index is 0.387. The van der Waals surface area contributed by atoms with Gasteiger partial charge in [0.1, 0.15) is 5.82 Å². The molecule has 0 unspecified atom stereocenters. The lowest BCUT2D eigenvalue weighted by molar-refractivity contribution is -0.137. The molecule has 0 radical (unpaired) electrons. The Hall–Kier alpha value is -2.25. The summed E-state index contributed by atoms with van der Waals surface area (Å²) in [5.74, 6) is -0.293. The fourth-order valence-electron chi connectivity index (χ4n) is 1.46. The van der Waals surface area contributed by atoms with Crippen molar-refractivity contribution in [3.8, 4) is 0 Å². The fraction of sp³-hybridized carbons (Fsp3) is 0.250. The first-order valence-electron chi connectivity index (χ1n) is 5.69. The lowest BCUT2D eigenvalue weighted by Gasteiger charge is -2.07. The summed E-state index contributed by atoms with van der Waals surface area (Å²) in [6.45, 7) is 0.401. The van der Waals surface area contributed by atoms with E-state index < -0.39 is 17.7 Å². The van der Waals surface area contributed by atoms with E-state index in [1.807, 2.05) is 0 Å². The van der Waals surface area contributed by atoms with E-state index in [0.29, 0.717) is 24.5 Å². The van der Waals surface area contributed by atoms with E-state index in [1.54, 1.807) is 0 Å². The van der Waals surface area contributed by atoms with Crippen LogP contribution in [0, 0.1) is 5.95 Å². The summed E-state index contributed by atoms with van der Waals surface area (Å²) in [5.41, 5.74) is -0.265. The van der Waals surface area contributed by atoms with Crippen LogP contribution in [-0.4, -0.2) is 21.5 Å². The Morgan fingerprint density at radius 1 is 1.00 bits per heavy atom. The molecule has 0 atom stereocenters. The predicted molar refractivity (Wildman–Crippen MR) is 63.4 cm³/mol. The van der Waals surface area contributed by atoms with Gasteiger partial charge in [0.25, 0.3) is 0 Å². The topological polar surface area (TPSA) is 50.7 Å². The molecule has 1 N–H and O–H groups in total. The summed E-state index contributed by atoms with van der Waals surface area (Å²) < 4.78 is 49.5. The van der Waals surface area contributed by atoms with Gasteiger partial charge in [-0.15, -0.1) is 0 Å². The maximum Gasteiger partial charge on any atom is 0.417 e. The van der Waals surface area contributed by atoms with Gasteiger partial charge in [-0.25, -0.2) is 9.97 Å². The molecular weight excluding hydrogens is 276 g/mol. The Bertz CT molecular complexity index is 551. The summed E-state index contributed by atoms with van der Waals surface area (Å²) in [6.07, 6.45) is -0.966. The average Bonchev–Trinajstić information content (AvgIpc) is 2.41. The highest BCUT2D eigenvalue weighted by molar-refractivity contribution is 5.30. The summed E-state index contributed by atoms with van der Waals surface area (Å²) in [5, 5.41) is 2.86. The van der Waals surface area contributed by atoms with Crippen molar-refractivity contribution in [2.24, 2.45) is 0 Å². The van der Waals surface area contributed by atoms with Crippen LogP contribution < -0.4 is 5.32 Å². The van der Waals surface area contributed by atoms with Crippen LogP contribution >= 0.6 is 0 Å². The van der Waals surface area contributed by atoms with Crippen molar-refractivity contribution in [1.82, 2.24) is 15.0 Å². The van der Waals surface area contributed by atoms with E-state index in [4.69, 9.17) is 0 Å². The summed E-state index contributed by atoms with van der Waals surface area (Å²) in [6, 6.07) is 2.31. The van der Waals surface area contributed by atoms with Crippen LogP contribution in [0.25, 0.3) is 0 Å². The Balaban J connectivity index is 1.87. The molecular formula is C12H10F4N4. The third kappa shape index (κ3) is 3.87. The van der Waals surface area contributed by atoms with Crippen LogP contribution in [0.1, 0.15) is 11.3 Å². The lowest BCUT2D eigenvalue weighted by Crippen LogP contribution is -2.09. The first kappa shape index (κ1) is 14.2. The highest BCUT2D eigenvalue weighted by atomic mass is 19.4. The van der Waals surface area contributed by atoms with Gasteiger partial charge in [0.2, 0.25) is 5.95 Å². The predicted octanol–water partition coefficient (Wildman–Crippen LogP) is 2.68. The van der Waals surface area contributed by atoms with Crippen molar-refractivity contribution in [2.45, 2.75) is 12.6 Å². The first-order valence-corrected chi connectivity index (χ1v) is 5.69. The van der Waals surface area contributed by atoms with Crippen LogP contribution in [0.5, 0.6) is 0 Å². The number of nitrogens with one attached hydrogen (secondary N) is 1. The Morgan fingerprint density at radius 3 is 2.35 bits per heavy atom. The highest BCUT2D eigenvalue weighted by Gasteiger charge is 2.30. The second-order valence-electron chi connectivity index (χ2n) is 3.94. The first-order chi connectivity index (χ1) is 9.45. The molecule has 0 saturated carbocycles. The van der Waals surface area contributed by atoms with E-state index >= 15 is 0 Å². The van der Waals surface area contributed by atoms with Crippen LogP contribution in [0.2, 0.25) is 0 Å². The van der Waals surface area contributed by atoms with Gasteiger partial charge in [0.15, 0.2) is 0 Å². The largest absolute Gasteiger partial charge is 0.417 e. The minimum Gasteiger partial charge on any atom is -0.368 e. The van der Waals surface area contributed by atoms with Crippen molar-refractivity contribution >= 4 is 5.82 Å². The van der Waals surface area contributed by atoms with Crippen molar-refractivity contribution < 1.29 is 17.6 Å². The number of halogens is 4. The Labute approximate surface area is 111 Å². The summed E-state index contributed by atoms with van der Waals surface area (Å²) in [4.78, 5) is 10.9. The van der Waals surface area contributed by atoms with Gasteiger partial charge in [-0.3, -0.25) is 4.98 Å². The summed E-state index contributed by atoms with van der Waals surface area (Å²) in [7, 11) is 0. The zero-order valence-corrected chi connectivity index (χ0v) is 10.2. The van der Waals surface area contributed by atoms with E-state index in [9.17, 15) is 17.6 Å². The molecule has 0 aliphatic carbocycles. The van der Waals surface area contributed by atoms with E-state index in [0.717, 1.165) is 18.5 Å². The highest BCUT2D eigenvalue weighted by Crippen LogP contribution is 2.28. The van der Waals surface area contributed by atoms with Crippen LogP contribution in [0.4, 0.5) is 23.4 Å². The normalized spacial score (nSPS) is 11.4. The zero-order chi connectivity index (χ0) is 14.6. The van der Waals surface area contributed by atoms with Crippen molar-refractivity contribution in [3.63, 3.8) is 0 Å². The number of aromatic nitrogens is 3. The molecule has 2 heterocycles. The fourth-order valence-corrected chi connectivity index (χ4v) is 1.46. The molecule has 106 valence electrons. The van der Waals surface area contributed by atoms with E-state index in [2.05, 4.69) is 20.3 Å². The number of alkyl halides is 3. The van der Waals surface area contributed by atoms with Crippen molar-refractivity contribution in [1.29, 1.82) is 0 Å². The van der Waals surface area contributed by atoms with Gasteiger partial charge in [-0.2, -0.15) is 17.6 Å². The van der Waals surface area contributed by atoms with Gasteiger partial charge < -0.3 is 5.32 Å². The lowest BCUT2D eigenvalue weighted by atomic mass is 10.2. The molecule has 0 fully saturated rings. The van der Waals surface area contributed by atoms with Crippen molar-refractivity contribution in [2.75, 3.05) is 11.9 Å². The second-order valence-corrected chi connectivity index (χ2v) is 3.94. The monoisotopic (exact) mass is 286 g/mol. The zero-order valence-electron chi connectivity index (χ0n) is 10.2. The van der Waals surface area contributed by atoms with E-state index in [1.165, 1.54) is 12.3 Å². The van der Waals surface area contributed by atoms with Gasteiger partial charge in [0.05, 0.1) is 18.0 Å². The van der Waals surface area contributed by atoms with Crippen LogP contribution in [0.15, 0.2) is 30.7 Å². The molecule has 0 bridgehead atoms. The molecule has 0 aliphatic heterocycles. The number of pyridine rings is 1. The third-order valence-corrected chi connectivity index (χ3v) is 2.46. The second kappa shape index (κ2) is 5.81. The molecule has 0 spiro atoms. The van der Waals surface area contributed by atoms with E-state index in [-0.39, 0.29) is 0 Å². The Kier molecular flexibility index (Phi) is 4.11. The maximum absolute atomic E-state index is 12.5. The molecule has 0 saturated heterocycles. The van der Waals surface area contributed by atoms with Crippen LogP contribution in [0.3, 0.4) is 0 Å². The Morgan fingerprint density at radius 2 is 1.80 bits per heavy atom. The van der Waals surface area contributed by atoms with Gasteiger partial charge in [0, 0.05) is 24.9 Å². The number of nitrogens with zero attached hydrogens (tertiary/aromatic N) is 3. The third-order valence-electron chi connectivity index (χ3n) is 2.46. The standard InChI is InChI=1S/C12H10F4N4/c13-10-6-20-11(7-19-10)17-4-3-9-2-1-8(5-18-9)12(14,15)16/h1-2,5-7H,3-4H2,(H,17,20). The molecule has 2 aromatic rings. The molecule has 0 aliphatic rings. The number of anilines is 1. The van der Waals surface area contributed by atoms with Crippen LogP contribution in [-0.2, 0) is 12.6 Å². The number of hydrogen-bond donors (Lipinski definition) is 1. The van der Waals surface area contributed by atoms with Gasteiger partial charge in [-0.05, 0) is 12.1 Å². The quantitative estimate of drug-likeness (QED) is 0.878. The van der Waals surface area contributed by atoms with Crippen molar-refractivity contribution in [3.05, 3.63) is 47.9 Å². The minimum atomic E-state index is -4.38. The average molecular weight is 286 g/mol. The smallest absolute Gasteiger partial charge is 0.368 e. The molecule has 4 nitrogen and oxygen atoms in total. The molecule has 0 amide bonds. The van der Waals surface area contributed by atoms with Gasteiger partial charge in [-0.1, -0.05) is 0 Å². The number of rotatable bonds is 4. The molecule has 20 heavy (non-hydrogen) atoms. The SMILES string of the molecule is Fc1cnc(NCCc2ccc(C(F)(F)F)cn2)cn1. The molecule has 2 rings (SSSR count). The maximum atomic E-state index is 12.5. The molecule has 0 aromatic carbocycles. The summed E-state index contributed by atoms with van der Waals surface area (Å²) >= 11 is 0. The molecule has 2 aromatic heterocycles. The molecule has 8 heteroatoms. The number of hydrogen-bond acceptors (Lipinski definition) is 4.